The highest BCUT2D eigenvalue weighted by molar-refractivity contribution is 5.83. The van der Waals surface area contributed by atoms with Gasteiger partial charge < -0.3 is 10.3 Å². The van der Waals surface area contributed by atoms with Crippen LogP contribution in [-0.4, -0.2) is 35.4 Å². The molecule has 2 fully saturated rings. The van der Waals surface area contributed by atoms with Crippen molar-refractivity contribution in [2.75, 3.05) is 19.6 Å². The van der Waals surface area contributed by atoms with Gasteiger partial charge in [-0.1, -0.05) is 18.2 Å². The third-order valence-corrected chi connectivity index (χ3v) is 5.33. The minimum Gasteiger partial charge on any atom is -0.361 e. The second-order valence-electron chi connectivity index (χ2n) is 6.75. The zero-order chi connectivity index (χ0) is 14.9. The van der Waals surface area contributed by atoms with Crippen molar-refractivity contribution in [2.24, 2.45) is 11.8 Å². The molecule has 2 N–H and O–H groups in total. The third-order valence-electron chi connectivity index (χ3n) is 5.33. The van der Waals surface area contributed by atoms with E-state index in [0.717, 1.165) is 45.4 Å². The Morgan fingerprint density at radius 1 is 1.18 bits per heavy atom. The number of carbonyl (C=O) groups excluding carboxylic acids is 1. The Morgan fingerprint density at radius 3 is 3.05 bits per heavy atom. The van der Waals surface area contributed by atoms with Crippen molar-refractivity contribution in [2.45, 2.75) is 25.8 Å². The highest BCUT2D eigenvalue weighted by atomic mass is 16.1. The molecule has 0 saturated carbocycles. The first-order valence-electron chi connectivity index (χ1n) is 8.33. The van der Waals surface area contributed by atoms with Crippen molar-refractivity contribution >= 4 is 16.8 Å². The number of benzene rings is 1. The second-order valence-corrected chi connectivity index (χ2v) is 6.75. The number of para-hydroxylation sites is 1. The molecule has 4 nitrogen and oxygen atoms in total. The molecule has 1 amide bonds. The monoisotopic (exact) mass is 297 g/mol. The molecule has 0 spiro atoms. The first kappa shape index (κ1) is 13.8. The van der Waals surface area contributed by atoms with Crippen LogP contribution < -0.4 is 5.32 Å². The van der Waals surface area contributed by atoms with Gasteiger partial charge in [0.05, 0.1) is 0 Å². The van der Waals surface area contributed by atoms with Crippen LogP contribution >= 0.6 is 0 Å². The molecule has 4 heteroatoms. The average Bonchev–Trinajstić information content (AvgIpc) is 2.83. The lowest BCUT2D eigenvalue weighted by Crippen LogP contribution is -2.40. The highest BCUT2D eigenvalue weighted by Gasteiger charge is 2.32. The number of aromatic amines is 1. The summed E-state index contributed by atoms with van der Waals surface area (Å²) < 4.78 is 0. The van der Waals surface area contributed by atoms with Crippen molar-refractivity contribution in [1.29, 1.82) is 0 Å². The molecule has 2 aliphatic heterocycles. The van der Waals surface area contributed by atoms with Crippen LogP contribution in [0, 0.1) is 11.8 Å². The molecule has 2 unspecified atom stereocenters. The van der Waals surface area contributed by atoms with Crippen molar-refractivity contribution in [3.05, 3.63) is 36.0 Å². The summed E-state index contributed by atoms with van der Waals surface area (Å²) in [5.74, 6) is 1.50. The number of piperidine rings is 1. The summed E-state index contributed by atoms with van der Waals surface area (Å²) in [4.78, 5) is 17.6. The number of rotatable bonds is 2. The molecule has 4 rings (SSSR count). The highest BCUT2D eigenvalue weighted by Crippen LogP contribution is 2.31. The summed E-state index contributed by atoms with van der Waals surface area (Å²) in [7, 11) is 0. The molecule has 0 aliphatic carbocycles. The lowest BCUT2D eigenvalue weighted by atomic mass is 9.82. The fraction of sp³-hybridized carbons (Fsp3) is 0.500. The van der Waals surface area contributed by atoms with Crippen LogP contribution in [0.2, 0.25) is 0 Å². The van der Waals surface area contributed by atoms with Gasteiger partial charge in [0.25, 0.3) is 0 Å². The normalized spacial score (nSPS) is 26.5. The third kappa shape index (κ3) is 2.63. The molecular formula is C18H23N3O. The van der Waals surface area contributed by atoms with E-state index in [-0.39, 0.29) is 5.91 Å². The van der Waals surface area contributed by atoms with Crippen LogP contribution in [0.15, 0.2) is 30.5 Å². The van der Waals surface area contributed by atoms with Gasteiger partial charge in [-0.15, -0.1) is 0 Å². The van der Waals surface area contributed by atoms with E-state index in [0.29, 0.717) is 11.8 Å². The van der Waals surface area contributed by atoms with E-state index in [2.05, 4.69) is 45.7 Å². The molecule has 0 radical (unpaired) electrons. The van der Waals surface area contributed by atoms with E-state index < -0.39 is 0 Å². The minimum absolute atomic E-state index is 0.248. The zero-order valence-corrected chi connectivity index (χ0v) is 12.8. The van der Waals surface area contributed by atoms with Gasteiger partial charge in [-0.05, 0) is 42.9 Å². The number of fused-ring (bicyclic) bond motifs is 2. The zero-order valence-electron chi connectivity index (χ0n) is 12.8. The maximum absolute atomic E-state index is 11.7. The number of hydrogen-bond donors (Lipinski definition) is 2. The summed E-state index contributed by atoms with van der Waals surface area (Å²) in [6, 6.07) is 8.51. The number of carbonyl (C=O) groups is 1. The van der Waals surface area contributed by atoms with Crippen LogP contribution in [0.4, 0.5) is 0 Å². The number of nitrogens with one attached hydrogen (secondary N) is 2. The summed E-state index contributed by atoms with van der Waals surface area (Å²) in [6.07, 6.45) is 5.15. The Bertz CT molecular complexity index is 678. The number of hydrogen-bond acceptors (Lipinski definition) is 2. The summed E-state index contributed by atoms with van der Waals surface area (Å²) in [5, 5.41) is 4.36. The predicted molar refractivity (Wildman–Crippen MR) is 87.4 cm³/mol. The van der Waals surface area contributed by atoms with Crippen LogP contribution in [0.25, 0.3) is 10.9 Å². The maximum Gasteiger partial charge on any atom is 0.220 e. The van der Waals surface area contributed by atoms with Crippen LogP contribution in [0.5, 0.6) is 0 Å². The standard InChI is InChI=1S/C18H23N3O/c22-18-9-13-6-8-21(11-14(13)5-7-19-18)12-15-10-20-17-4-2-1-3-16(15)17/h1-4,10,13-14,20H,5-9,11-12H2,(H,19,22). The number of nitrogens with zero attached hydrogens (tertiary/aromatic N) is 1. The van der Waals surface area contributed by atoms with E-state index in [1.54, 1.807) is 0 Å². The summed E-state index contributed by atoms with van der Waals surface area (Å²) >= 11 is 0. The van der Waals surface area contributed by atoms with Gasteiger partial charge in [0, 0.05) is 43.2 Å². The van der Waals surface area contributed by atoms with E-state index in [1.165, 1.54) is 16.5 Å². The van der Waals surface area contributed by atoms with Crippen LogP contribution in [0.1, 0.15) is 24.8 Å². The lowest BCUT2D eigenvalue weighted by molar-refractivity contribution is -0.121. The van der Waals surface area contributed by atoms with Crippen molar-refractivity contribution in [1.82, 2.24) is 15.2 Å². The quantitative estimate of drug-likeness (QED) is 0.895. The van der Waals surface area contributed by atoms with Gasteiger partial charge in [-0.25, -0.2) is 0 Å². The van der Waals surface area contributed by atoms with Gasteiger partial charge in [0.15, 0.2) is 0 Å². The van der Waals surface area contributed by atoms with Gasteiger partial charge in [-0.2, -0.15) is 0 Å². The molecule has 22 heavy (non-hydrogen) atoms. The fourth-order valence-electron chi connectivity index (χ4n) is 4.11. The Labute approximate surface area is 130 Å². The van der Waals surface area contributed by atoms with E-state index in [4.69, 9.17) is 0 Å². The van der Waals surface area contributed by atoms with Crippen molar-refractivity contribution < 1.29 is 4.79 Å². The van der Waals surface area contributed by atoms with Gasteiger partial charge in [0.2, 0.25) is 5.91 Å². The summed E-state index contributed by atoms with van der Waals surface area (Å²) in [5.41, 5.74) is 2.61. The SMILES string of the molecule is O=C1CC2CCN(Cc3c[nH]c4ccccc34)CC2CCN1. The Balaban J connectivity index is 1.47. The predicted octanol–water partition coefficient (Wildman–Crippen LogP) is 2.52. The Hall–Kier alpha value is -1.81. The lowest BCUT2D eigenvalue weighted by Gasteiger charge is -2.37. The molecular weight excluding hydrogens is 274 g/mol. The first-order valence-corrected chi connectivity index (χ1v) is 8.33. The van der Waals surface area contributed by atoms with E-state index in [1.807, 2.05) is 0 Å². The van der Waals surface area contributed by atoms with Crippen LogP contribution in [0.3, 0.4) is 0 Å². The minimum atomic E-state index is 0.248. The Kier molecular flexibility index (Phi) is 3.62. The van der Waals surface area contributed by atoms with Crippen molar-refractivity contribution in [3.8, 4) is 0 Å². The average molecular weight is 297 g/mol. The largest absolute Gasteiger partial charge is 0.361 e. The Morgan fingerprint density at radius 2 is 2.09 bits per heavy atom. The number of likely N-dealkylation sites (tertiary alicyclic amines) is 1. The number of amides is 1. The molecule has 2 saturated heterocycles. The van der Waals surface area contributed by atoms with Crippen molar-refractivity contribution in [3.63, 3.8) is 0 Å². The number of H-pyrrole nitrogens is 1. The molecule has 2 atom stereocenters. The van der Waals surface area contributed by atoms with E-state index >= 15 is 0 Å². The fourth-order valence-corrected chi connectivity index (χ4v) is 4.11. The molecule has 2 aromatic rings. The van der Waals surface area contributed by atoms with Crippen LogP contribution in [-0.2, 0) is 11.3 Å². The molecule has 1 aromatic carbocycles. The van der Waals surface area contributed by atoms with Gasteiger partial charge in [0.1, 0.15) is 0 Å². The first-order chi connectivity index (χ1) is 10.8. The maximum atomic E-state index is 11.7. The molecule has 116 valence electrons. The molecule has 1 aromatic heterocycles. The topological polar surface area (TPSA) is 48.1 Å². The molecule has 2 aliphatic rings. The van der Waals surface area contributed by atoms with E-state index in [9.17, 15) is 4.79 Å². The smallest absolute Gasteiger partial charge is 0.220 e. The molecule has 3 heterocycles. The van der Waals surface area contributed by atoms with Gasteiger partial charge >= 0.3 is 0 Å². The second kappa shape index (κ2) is 5.76. The molecule has 0 bridgehead atoms. The number of aromatic nitrogens is 1. The van der Waals surface area contributed by atoms with Gasteiger partial charge in [-0.3, -0.25) is 9.69 Å². The summed E-state index contributed by atoms with van der Waals surface area (Å²) in [6.45, 7) is 4.09.